The Labute approximate surface area is 108 Å². The van der Waals surface area contributed by atoms with E-state index in [1.54, 1.807) is 7.11 Å². The van der Waals surface area contributed by atoms with E-state index in [4.69, 9.17) is 9.47 Å². The van der Waals surface area contributed by atoms with Gasteiger partial charge in [0.05, 0.1) is 6.61 Å². The van der Waals surface area contributed by atoms with Crippen molar-refractivity contribution in [2.24, 2.45) is 5.92 Å². The molecule has 0 aromatic heterocycles. The average Bonchev–Trinajstić information content (AvgIpc) is 2.87. The molecule has 4 nitrogen and oxygen atoms in total. The number of benzene rings is 1. The van der Waals surface area contributed by atoms with Crippen LogP contribution in [-0.4, -0.2) is 38.4 Å². The zero-order valence-corrected chi connectivity index (χ0v) is 10.7. The van der Waals surface area contributed by atoms with Crippen molar-refractivity contribution in [2.75, 3.05) is 27.1 Å². The maximum absolute atomic E-state index is 9.61. The standard InChI is InChI=1S/C14H21NO3/c1-17-10-18-14-7-12(8-15-14)13(9-16)11-5-3-2-4-6-11/h2-6,12-16H,7-10H2,1H3. The largest absolute Gasteiger partial charge is 0.396 e. The number of hydrogen-bond donors (Lipinski definition) is 2. The molecule has 2 rings (SSSR count). The second-order valence-electron chi connectivity index (χ2n) is 4.67. The van der Waals surface area contributed by atoms with E-state index in [-0.39, 0.29) is 18.8 Å². The molecule has 3 atom stereocenters. The maximum Gasteiger partial charge on any atom is 0.148 e. The van der Waals surface area contributed by atoms with Gasteiger partial charge in [0.1, 0.15) is 13.0 Å². The van der Waals surface area contributed by atoms with Crippen molar-refractivity contribution < 1.29 is 14.6 Å². The fourth-order valence-corrected chi connectivity index (χ4v) is 2.54. The highest BCUT2D eigenvalue weighted by Gasteiger charge is 2.31. The van der Waals surface area contributed by atoms with Gasteiger partial charge in [-0.15, -0.1) is 0 Å². The van der Waals surface area contributed by atoms with Gasteiger partial charge >= 0.3 is 0 Å². The highest BCUT2D eigenvalue weighted by molar-refractivity contribution is 5.21. The van der Waals surface area contributed by atoms with E-state index in [1.807, 2.05) is 18.2 Å². The Morgan fingerprint density at radius 2 is 2.17 bits per heavy atom. The Morgan fingerprint density at radius 1 is 1.39 bits per heavy atom. The van der Waals surface area contributed by atoms with Crippen LogP contribution in [0, 0.1) is 5.92 Å². The van der Waals surface area contributed by atoms with Crippen molar-refractivity contribution in [3.05, 3.63) is 35.9 Å². The fourth-order valence-electron chi connectivity index (χ4n) is 2.54. The molecule has 1 saturated heterocycles. The number of aliphatic hydroxyl groups is 1. The molecule has 0 amide bonds. The molecule has 0 aliphatic carbocycles. The van der Waals surface area contributed by atoms with Crippen LogP contribution in [0.25, 0.3) is 0 Å². The highest BCUT2D eigenvalue weighted by Crippen LogP contribution is 2.30. The number of aliphatic hydroxyl groups excluding tert-OH is 1. The minimum Gasteiger partial charge on any atom is -0.396 e. The second kappa shape index (κ2) is 6.85. The summed E-state index contributed by atoms with van der Waals surface area (Å²) in [5, 5.41) is 12.9. The molecule has 1 aromatic carbocycles. The van der Waals surface area contributed by atoms with E-state index in [0.29, 0.717) is 12.7 Å². The molecule has 1 aliphatic heterocycles. The third-order valence-electron chi connectivity index (χ3n) is 3.51. The topological polar surface area (TPSA) is 50.7 Å². The van der Waals surface area contributed by atoms with Crippen LogP contribution in [-0.2, 0) is 9.47 Å². The average molecular weight is 251 g/mol. The monoisotopic (exact) mass is 251 g/mol. The molecule has 1 aromatic rings. The molecule has 3 unspecified atom stereocenters. The SMILES string of the molecule is COCOC1CC(C(CO)c2ccccc2)CN1. The van der Waals surface area contributed by atoms with Crippen molar-refractivity contribution in [1.82, 2.24) is 5.32 Å². The van der Waals surface area contributed by atoms with Crippen LogP contribution in [0.1, 0.15) is 17.9 Å². The van der Waals surface area contributed by atoms with E-state index in [2.05, 4.69) is 17.4 Å². The van der Waals surface area contributed by atoms with Gasteiger partial charge in [-0.25, -0.2) is 0 Å². The van der Waals surface area contributed by atoms with Crippen molar-refractivity contribution >= 4 is 0 Å². The first-order chi connectivity index (χ1) is 8.85. The van der Waals surface area contributed by atoms with E-state index in [0.717, 1.165) is 13.0 Å². The van der Waals surface area contributed by atoms with Crippen LogP contribution in [0.3, 0.4) is 0 Å². The summed E-state index contributed by atoms with van der Waals surface area (Å²) < 4.78 is 10.4. The van der Waals surface area contributed by atoms with Gasteiger partial charge in [0.25, 0.3) is 0 Å². The first kappa shape index (κ1) is 13.5. The number of nitrogens with one attached hydrogen (secondary N) is 1. The normalized spacial score (nSPS) is 25.2. The predicted molar refractivity (Wildman–Crippen MR) is 69.1 cm³/mol. The molecule has 0 spiro atoms. The van der Waals surface area contributed by atoms with Crippen molar-refractivity contribution in [3.8, 4) is 0 Å². The van der Waals surface area contributed by atoms with Gasteiger partial charge in [0.15, 0.2) is 0 Å². The van der Waals surface area contributed by atoms with Crippen LogP contribution >= 0.6 is 0 Å². The summed E-state index contributed by atoms with van der Waals surface area (Å²) in [6, 6.07) is 10.2. The quantitative estimate of drug-likeness (QED) is 0.749. The summed E-state index contributed by atoms with van der Waals surface area (Å²) in [4.78, 5) is 0. The molecular weight excluding hydrogens is 230 g/mol. The van der Waals surface area contributed by atoms with Crippen molar-refractivity contribution in [2.45, 2.75) is 18.6 Å². The zero-order valence-electron chi connectivity index (χ0n) is 10.7. The lowest BCUT2D eigenvalue weighted by Crippen LogP contribution is -2.25. The maximum atomic E-state index is 9.61. The van der Waals surface area contributed by atoms with Crippen LogP contribution in [0.2, 0.25) is 0 Å². The summed E-state index contributed by atoms with van der Waals surface area (Å²) in [7, 11) is 1.62. The van der Waals surface area contributed by atoms with Gasteiger partial charge in [-0.3, -0.25) is 5.32 Å². The summed E-state index contributed by atoms with van der Waals surface area (Å²) >= 11 is 0. The van der Waals surface area contributed by atoms with Gasteiger partial charge in [-0.1, -0.05) is 30.3 Å². The van der Waals surface area contributed by atoms with Crippen molar-refractivity contribution in [3.63, 3.8) is 0 Å². The van der Waals surface area contributed by atoms with E-state index < -0.39 is 0 Å². The number of ether oxygens (including phenoxy) is 2. The third kappa shape index (κ3) is 3.29. The Balaban J connectivity index is 1.94. The smallest absolute Gasteiger partial charge is 0.148 e. The van der Waals surface area contributed by atoms with Crippen LogP contribution in [0.5, 0.6) is 0 Å². The van der Waals surface area contributed by atoms with Crippen LogP contribution in [0.4, 0.5) is 0 Å². The molecule has 2 N–H and O–H groups in total. The molecule has 18 heavy (non-hydrogen) atoms. The van der Waals surface area contributed by atoms with Gasteiger partial charge in [0.2, 0.25) is 0 Å². The Hall–Kier alpha value is -0.940. The Bertz CT molecular complexity index is 344. The molecule has 0 bridgehead atoms. The first-order valence-electron chi connectivity index (χ1n) is 6.35. The van der Waals surface area contributed by atoms with Gasteiger partial charge in [-0.05, 0) is 17.9 Å². The molecular formula is C14H21NO3. The lowest BCUT2D eigenvalue weighted by Gasteiger charge is -2.21. The fraction of sp³-hybridized carbons (Fsp3) is 0.571. The minimum absolute atomic E-state index is 0.0349. The van der Waals surface area contributed by atoms with Gasteiger partial charge < -0.3 is 14.6 Å². The van der Waals surface area contributed by atoms with Gasteiger partial charge in [0, 0.05) is 19.6 Å². The number of hydrogen-bond acceptors (Lipinski definition) is 4. The van der Waals surface area contributed by atoms with Crippen LogP contribution < -0.4 is 5.32 Å². The summed E-state index contributed by atoms with van der Waals surface area (Å²) in [6.45, 7) is 1.35. The molecule has 1 fully saturated rings. The number of methoxy groups -OCH3 is 1. The minimum atomic E-state index is 0.0349. The second-order valence-corrected chi connectivity index (χ2v) is 4.67. The lowest BCUT2D eigenvalue weighted by atomic mass is 9.86. The summed E-state index contributed by atoms with van der Waals surface area (Å²) in [6.07, 6.45) is 0.941. The molecule has 1 aliphatic rings. The zero-order chi connectivity index (χ0) is 12.8. The van der Waals surface area contributed by atoms with E-state index in [9.17, 15) is 5.11 Å². The van der Waals surface area contributed by atoms with Crippen LogP contribution in [0.15, 0.2) is 30.3 Å². The van der Waals surface area contributed by atoms with E-state index in [1.165, 1.54) is 5.56 Å². The summed E-state index contributed by atoms with van der Waals surface area (Å²) in [5.41, 5.74) is 1.19. The molecule has 4 heteroatoms. The molecule has 1 heterocycles. The number of rotatable bonds is 6. The van der Waals surface area contributed by atoms with Gasteiger partial charge in [-0.2, -0.15) is 0 Å². The third-order valence-corrected chi connectivity index (χ3v) is 3.51. The molecule has 0 saturated carbocycles. The predicted octanol–water partition coefficient (Wildman–Crippen LogP) is 1.32. The van der Waals surface area contributed by atoms with Crippen molar-refractivity contribution in [1.29, 1.82) is 0 Å². The molecule has 100 valence electrons. The Kier molecular flexibility index (Phi) is 5.13. The highest BCUT2D eigenvalue weighted by atomic mass is 16.7. The molecule has 0 radical (unpaired) electrons. The lowest BCUT2D eigenvalue weighted by molar-refractivity contribution is -0.0776. The Morgan fingerprint density at radius 3 is 2.83 bits per heavy atom. The summed E-state index contributed by atoms with van der Waals surface area (Å²) in [5.74, 6) is 0.578. The van der Waals surface area contributed by atoms with E-state index >= 15 is 0 Å². The first-order valence-corrected chi connectivity index (χ1v) is 6.35.